The SMILES string of the molecule is ClCCCC1c2ccccc2C=Cc2ccccc21. The Morgan fingerprint density at radius 2 is 1.32 bits per heavy atom. The molecule has 2 aromatic rings. The smallest absolute Gasteiger partial charge is 0.0223 e. The lowest BCUT2D eigenvalue weighted by atomic mass is 9.85. The van der Waals surface area contributed by atoms with Crippen molar-refractivity contribution in [2.75, 3.05) is 5.88 Å². The van der Waals surface area contributed by atoms with Crippen molar-refractivity contribution in [3.05, 3.63) is 70.8 Å². The number of rotatable bonds is 3. The van der Waals surface area contributed by atoms with Gasteiger partial charge >= 0.3 is 0 Å². The van der Waals surface area contributed by atoms with Crippen molar-refractivity contribution in [3.63, 3.8) is 0 Å². The molecule has 0 spiro atoms. The first-order valence-electron chi connectivity index (χ1n) is 6.82. The van der Waals surface area contributed by atoms with Crippen LogP contribution < -0.4 is 0 Å². The molecule has 0 unspecified atom stereocenters. The third-order valence-corrected chi connectivity index (χ3v) is 4.08. The maximum atomic E-state index is 5.90. The van der Waals surface area contributed by atoms with E-state index in [1.165, 1.54) is 22.3 Å². The molecule has 0 heterocycles. The summed E-state index contributed by atoms with van der Waals surface area (Å²) in [7, 11) is 0. The van der Waals surface area contributed by atoms with Crippen LogP contribution in [0.5, 0.6) is 0 Å². The highest BCUT2D eigenvalue weighted by molar-refractivity contribution is 6.17. The van der Waals surface area contributed by atoms with E-state index in [-0.39, 0.29) is 0 Å². The summed E-state index contributed by atoms with van der Waals surface area (Å²) in [5.74, 6) is 1.19. The van der Waals surface area contributed by atoms with Gasteiger partial charge in [-0.05, 0) is 35.1 Å². The molecule has 0 fully saturated rings. The number of halogens is 1. The Hall–Kier alpha value is -1.53. The quantitative estimate of drug-likeness (QED) is 0.661. The topological polar surface area (TPSA) is 0 Å². The first-order chi connectivity index (χ1) is 9.40. The molecule has 0 saturated carbocycles. The fourth-order valence-electron chi connectivity index (χ4n) is 2.90. The Morgan fingerprint density at radius 3 is 1.84 bits per heavy atom. The van der Waals surface area contributed by atoms with Crippen LogP contribution >= 0.6 is 11.6 Å². The van der Waals surface area contributed by atoms with Crippen LogP contribution in [0.2, 0.25) is 0 Å². The molecule has 1 aliphatic rings. The van der Waals surface area contributed by atoms with Gasteiger partial charge in [-0.3, -0.25) is 0 Å². The molecule has 2 aromatic carbocycles. The van der Waals surface area contributed by atoms with Crippen LogP contribution in [0.25, 0.3) is 12.2 Å². The highest BCUT2D eigenvalue weighted by Crippen LogP contribution is 2.37. The Kier molecular flexibility index (Phi) is 3.70. The van der Waals surface area contributed by atoms with Crippen LogP contribution in [0.1, 0.15) is 41.0 Å². The Morgan fingerprint density at radius 1 is 0.789 bits per heavy atom. The van der Waals surface area contributed by atoms with Crippen LogP contribution in [0.3, 0.4) is 0 Å². The molecule has 0 saturated heterocycles. The number of alkyl halides is 1. The molecule has 0 amide bonds. The van der Waals surface area contributed by atoms with Gasteiger partial charge in [0.15, 0.2) is 0 Å². The number of hydrogen-bond donors (Lipinski definition) is 0. The average Bonchev–Trinajstić information content (AvgIpc) is 2.62. The zero-order chi connectivity index (χ0) is 13.1. The van der Waals surface area contributed by atoms with Crippen molar-refractivity contribution in [3.8, 4) is 0 Å². The minimum Gasteiger partial charge on any atom is -0.127 e. The normalized spacial score (nSPS) is 13.7. The molecule has 19 heavy (non-hydrogen) atoms. The van der Waals surface area contributed by atoms with Gasteiger partial charge in [0.2, 0.25) is 0 Å². The van der Waals surface area contributed by atoms with Crippen molar-refractivity contribution in [1.82, 2.24) is 0 Å². The van der Waals surface area contributed by atoms with Crippen LogP contribution in [-0.2, 0) is 0 Å². The fraction of sp³-hybridized carbons (Fsp3) is 0.222. The highest BCUT2D eigenvalue weighted by atomic mass is 35.5. The van der Waals surface area contributed by atoms with Crippen LogP contribution in [0, 0.1) is 0 Å². The summed E-state index contributed by atoms with van der Waals surface area (Å²) in [6, 6.07) is 17.4. The van der Waals surface area contributed by atoms with Gasteiger partial charge in [-0.15, -0.1) is 11.6 Å². The minimum absolute atomic E-state index is 0.459. The second-order valence-electron chi connectivity index (χ2n) is 4.97. The molecule has 0 radical (unpaired) electrons. The second kappa shape index (κ2) is 5.63. The van der Waals surface area contributed by atoms with Crippen molar-refractivity contribution in [1.29, 1.82) is 0 Å². The van der Waals surface area contributed by atoms with Crippen molar-refractivity contribution >= 4 is 23.8 Å². The lowest BCUT2D eigenvalue weighted by Gasteiger charge is -2.20. The Labute approximate surface area is 119 Å². The van der Waals surface area contributed by atoms with Gasteiger partial charge in [0.1, 0.15) is 0 Å². The number of benzene rings is 2. The van der Waals surface area contributed by atoms with Gasteiger partial charge in [0, 0.05) is 11.8 Å². The van der Waals surface area contributed by atoms with Crippen molar-refractivity contribution in [2.45, 2.75) is 18.8 Å². The number of fused-ring (bicyclic) bond motifs is 2. The van der Waals surface area contributed by atoms with Gasteiger partial charge in [-0.25, -0.2) is 0 Å². The van der Waals surface area contributed by atoms with E-state index in [4.69, 9.17) is 11.6 Å². The highest BCUT2D eigenvalue weighted by Gasteiger charge is 2.20. The van der Waals surface area contributed by atoms with Crippen LogP contribution in [0.15, 0.2) is 48.5 Å². The first-order valence-corrected chi connectivity index (χ1v) is 7.35. The maximum absolute atomic E-state index is 5.90. The Bertz CT molecular complexity index is 549. The third-order valence-electron chi connectivity index (χ3n) is 3.81. The van der Waals surface area contributed by atoms with E-state index < -0.39 is 0 Å². The molecule has 0 atom stereocenters. The molecule has 0 aliphatic heterocycles. The minimum atomic E-state index is 0.459. The van der Waals surface area contributed by atoms with E-state index in [1.807, 2.05) is 0 Å². The van der Waals surface area contributed by atoms with Crippen molar-refractivity contribution in [2.24, 2.45) is 0 Å². The molecule has 1 heteroatoms. The monoisotopic (exact) mass is 268 g/mol. The van der Waals surface area contributed by atoms with E-state index in [9.17, 15) is 0 Å². The summed E-state index contributed by atoms with van der Waals surface area (Å²) in [4.78, 5) is 0. The first kappa shape index (κ1) is 12.5. The summed E-state index contributed by atoms with van der Waals surface area (Å²) in [5, 5.41) is 0. The summed E-state index contributed by atoms with van der Waals surface area (Å²) in [5.41, 5.74) is 5.51. The molecule has 0 aromatic heterocycles. The van der Waals surface area contributed by atoms with E-state index in [2.05, 4.69) is 60.7 Å². The van der Waals surface area contributed by atoms with Crippen LogP contribution in [-0.4, -0.2) is 5.88 Å². The molecular weight excluding hydrogens is 252 g/mol. The van der Waals surface area contributed by atoms with Crippen molar-refractivity contribution < 1.29 is 0 Å². The standard InChI is InChI=1S/C18H17Cl/c19-13-5-10-18-16-8-3-1-6-14(16)11-12-15-7-2-4-9-17(15)18/h1-4,6-9,11-12,18H,5,10,13H2. The van der Waals surface area contributed by atoms with E-state index >= 15 is 0 Å². The molecule has 96 valence electrons. The molecule has 3 rings (SSSR count). The molecular formula is C18H17Cl. The second-order valence-corrected chi connectivity index (χ2v) is 5.35. The molecule has 0 nitrogen and oxygen atoms in total. The zero-order valence-electron chi connectivity index (χ0n) is 10.9. The summed E-state index contributed by atoms with van der Waals surface area (Å²) in [6.07, 6.45) is 6.62. The van der Waals surface area contributed by atoms with Gasteiger partial charge in [0.25, 0.3) is 0 Å². The van der Waals surface area contributed by atoms with Gasteiger partial charge in [0.05, 0.1) is 0 Å². The molecule has 1 aliphatic carbocycles. The van der Waals surface area contributed by atoms with Crippen LogP contribution in [0.4, 0.5) is 0 Å². The van der Waals surface area contributed by atoms with E-state index in [0.717, 1.165) is 18.7 Å². The van der Waals surface area contributed by atoms with Gasteiger partial charge in [-0.1, -0.05) is 60.7 Å². The predicted octanol–water partition coefficient (Wildman–Crippen LogP) is 5.32. The summed E-state index contributed by atoms with van der Waals surface area (Å²) in [6.45, 7) is 0. The fourth-order valence-corrected chi connectivity index (χ4v) is 3.05. The number of hydrogen-bond acceptors (Lipinski definition) is 0. The predicted molar refractivity (Wildman–Crippen MR) is 83.6 cm³/mol. The maximum Gasteiger partial charge on any atom is 0.0223 e. The average molecular weight is 269 g/mol. The zero-order valence-corrected chi connectivity index (χ0v) is 11.6. The molecule has 0 N–H and O–H groups in total. The van der Waals surface area contributed by atoms with E-state index in [1.54, 1.807) is 0 Å². The lowest BCUT2D eigenvalue weighted by Crippen LogP contribution is -2.04. The summed E-state index contributed by atoms with van der Waals surface area (Å²) < 4.78 is 0. The third kappa shape index (κ3) is 2.46. The largest absolute Gasteiger partial charge is 0.127 e. The molecule has 0 bridgehead atoms. The van der Waals surface area contributed by atoms with E-state index in [0.29, 0.717) is 5.92 Å². The summed E-state index contributed by atoms with van der Waals surface area (Å²) >= 11 is 5.90. The van der Waals surface area contributed by atoms with Gasteiger partial charge < -0.3 is 0 Å². The Balaban J connectivity index is 2.12. The van der Waals surface area contributed by atoms with Gasteiger partial charge in [-0.2, -0.15) is 0 Å². The lowest BCUT2D eigenvalue weighted by molar-refractivity contribution is 0.700.